The van der Waals surface area contributed by atoms with Crippen LogP contribution in [0.5, 0.6) is 5.75 Å². The average Bonchev–Trinajstić information content (AvgIpc) is 2.66. The number of carbonyl (C=O) groups excluding carboxylic acids is 2. The number of hydrogen-bond acceptors (Lipinski definition) is 4. The van der Waals surface area contributed by atoms with Gasteiger partial charge in [-0.15, -0.1) is 0 Å². The number of amides is 2. The highest BCUT2D eigenvalue weighted by Gasteiger charge is 2.51. The second-order valence-electron chi connectivity index (χ2n) is 9.33. The predicted octanol–water partition coefficient (Wildman–Crippen LogP) is 3.04. The van der Waals surface area contributed by atoms with Crippen LogP contribution < -0.4 is 15.4 Å². The number of rotatable bonds is 8. The molecule has 6 heteroatoms. The maximum Gasteiger partial charge on any atom is 0.238 e. The molecule has 0 aliphatic heterocycles. The fraction of sp³-hybridized carbons (Fsp3) is 0.652. The van der Waals surface area contributed by atoms with Crippen molar-refractivity contribution in [2.75, 3.05) is 32.1 Å². The topological polar surface area (TPSA) is 70.7 Å². The van der Waals surface area contributed by atoms with Crippen LogP contribution in [0.2, 0.25) is 0 Å². The van der Waals surface area contributed by atoms with Gasteiger partial charge in [0, 0.05) is 11.2 Å². The van der Waals surface area contributed by atoms with E-state index in [0.717, 1.165) is 48.5 Å². The second kappa shape index (κ2) is 8.34. The quantitative estimate of drug-likeness (QED) is 0.705. The average molecular weight is 400 g/mol. The van der Waals surface area contributed by atoms with E-state index in [1.165, 1.54) is 19.3 Å². The van der Waals surface area contributed by atoms with Crippen molar-refractivity contribution < 1.29 is 14.3 Å². The van der Waals surface area contributed by atoms with Crippen molar-refractivity contribution in [2.24, 2.45) is 17.8 Å². The molecule has 6 nitrogen and oxygen atoms in total. The lowest BCUT2D eigenvalue weighted by Gasteiger charge is -2.57. The largest absolute Gasteiger partial charge is 0.497 e. The van der Waals surface area contributed by atoms with Crippen LogP contribution in [0.25, 0.3) is 0 Å². The Morgan fingerprint density at radius 2 is 1.55 bits per heavy atom. The molecule has 4 aliphatic carbocycles. The molecule has 4 aliphatic rings. The van der Waals surface area contributed by atoms with Crippen molar-refractivity contribution in [1.82, 2.24) is 10.2 Å². The van der Waals surface area contributed by atoms with Crippen molar-refractivity contribution in [2.45, 2.75) is 51.0 Å². The van der Waals surface area contributed by atoms with Gasteiger partial charge in [-0.05, 0) is 87.1 Å². The molecule has 29 heavy (non-hydrogen) atoms. The minimum atomic E-state index is -0.111. The first-order valence-electron chi connectivity index (χ1n) is 10.9. The van der Waals surface area contributed by atoms with E-state index in [0.29, 0.717) is 6.54 Å². The first-order valence-corrected chi connectivity index (χ1v) is 10.9. The highest BCUT2D eigenvalue weighted by Crippen LogP contribution is 2.55. The van der Waals surface area contributed by atoms with Gasteiger partial charge in [0.25, 0.3) is 0 Å². The highest BCUT2D eigenvalue weighted by atomic mass is 16.5. The Morgan fingerprint density at radius 3 is 2.07 bits per heavy atom. The fourth-order valence-electron chi connectivity index (χ4n) is 6.16. The number of benzene rings is 1. The molecule has 0 spiro atoms. The SMILES string of the molecule is CCN(CC(=O)Nc1ccc(OC)cc1)CC(=O)NC12CC3CC(CC(C3)C1)C2. The summed E-state index contributed by atoms with van der Waals surface area (Å²) in [6.07, 6.45) is 7.53. The Bertz CT molecular complexity index is 711. The summed E-state index contributed by atoms with van der Waals surface area (Å²) in [7, 11) is 1.61. The highest BCUT2D eigenvalue weighted by molar-refractivity contribution is 5.92. The van der Waals surface area contributed by atoms with Gasteiger partial charge in [-0.2, -0.15) is 0 Å². The third kappa shape index (κ3) is 4.74. The molecular weight excluding hydrogens is 366 g/mol. The van der Waals surface area contributed by atoms with Gasteiger partial charge in [0.1, 0.15) is 5.75 Å². The number of ether oxygens (including phenoxy) is 1. The van der Waals surface area contributed by atoms with E-state index in [2.05, 4.69) is 10.6 Å². The van der Waals surface area contributed by atoms with Gasteiger partial charge in [-0.25, -0.2) is 0 Å². The third-order valence-electron chi connectivity index (χ3n) is 7.00. The van der Waals surface area contributed by atoms with Crippen LogP contribution in [0.15, 0.2) is 24.3 Å². The molecule has 0 aromatic heterocycles. The Kier molecular flexibility index (Phi) is 5.81. The van der Waals surface area contributed by atoms with Gasteiger partial charge in [-0.3, -0.25) is 14.5 Å². The lowest BCUT2D eigenvalue weighted by atomic mass is 9.53. The van der Waals surface area contributed by atoms with Crippen LogP contribution in [-0.2, 0) is 9.59 Å². The number of nitrogens with zero attached hydrogens (tertiary/aromatic N) is 1. The standard InChI is InChI=1S/C23H33N3O3/c1-3-26(14-21(27)24-19-4-6-20(29-2)7-5-19)15-22(28)25-23-11-16-8-17(12-23)10-18(9-16)13-23/h4-7,16-18H,3,8-15H2,1-2H3,(H,24,27)(H,25,28). The summed E-state index contributed by atoms with van der Waals surface area (Å²) in [6.45, 7) is 3.12. The zero-order chi connectivity index (χ0) is 20.4. The third-order valence-corrected chi connectivity index (χ3v) is 7.00. The van der Waals surface area contributed by atoms with E-state index in [4.69, 9.17) is 4.74 Å². The molecule has 4 saturated carbocycles. The van der Waals surface area contributed by atoms with Crippen LogP contribution in [0.3, 0.4) is 0 Å². The summed E-state index contributed by atoms with van der Waals surface area (Å²) in [4.78, 5) is 27.1. The van der Waals surface area contributed by atoms with Crippen molar-refractivity contribution in [3.63, 3.8) is 0 Å². The molecule has 2 N–H and O–H groups in total. The van der Waals surface area contributed by atoms with Crippen molar-refractivity contribution in [3.8, 4) is 5.75 Å². The van der Waals surface area contributed by atoms with Crippen LogP contribution >= 0.6 is 0 Å². The number of hydrogen-bond donors (Lipinski definition) is 2. The maximum absolute atomic E-state index is 12.8. The minimum Gasteiger partial charge on any atom is -0.497 e. The number of likely N-dealkylation sites (N-methyl/N-ethyl adjacent to an activating group) is 1. The van der Waals surface area contributed by atoms with Crippen LogP contribution in [0.4, 0.5) is 5.69 Å². The molecule has 4 bridgehead atoms. The Balaban J connectivity index is 1.28. The second-order valence-corrected chi connectivity index (χ2v) is 9.33. The first kappa shape index (κ1) is 20.2. The zero-order valence-corrected chi connectivity index (χ0v) is 17.6. The molecule has 0 unspecified atom stereocenters. The summed E-state index contributed by atoms with van der Waals surface area (Å²) >= 11 is 0. The minimum absolute atomic E-state index is 0.0244. The smallest absolute Gasteiger partial charge is 0.238 e. The lowest BCUT2D eigenvalue weighted by Crippen LogP contribution is -2.61. The molecule has 4 fully saturated rings. The molecule has 0 heterocycles. The predicted molar refractivity (Wildman–Crippen MR) is 113 cm³/mol. The summed E-state index contributed by atoms with van der Waals surface area (Å²) in [5.41, 5.74) is 0.751. The van der Waals surface area contributed by atoms with Gasteiger partial charge in [-0.1, -0.05) is 6.92 Å². The molecule has 1 aromatic carbocycles. The Labute approximate surface area is 173 Å². The van der Waals surface area contributed by atoms with Crippen molar-refractivity contribution in [3.05, 3.63) is 24.3 Å². The monoisotopic (exact) mass is 399 g/mol. The molecular formula is C23H33N3O3. The van der Waals surface area contributed by atoms with Crippen LogP contribution in [0.1, 0.15) is 45.4 Å². The summed E-state index contributed by atoms with van der Waals surface area (Å²) in [5.74, 6) is 3.11. The number of anilines is 1. The molecule has 1 aromatic rings. The van der Waals surface area contributed by atoms with E-state index < -0.39 is 0 Å². The van der Waals surface area contributed by atoms with Gasteiger partial charge < -0.3 is 15.4 Å². The lowest BCUT2D eigenvalue weighted by molar-refractivity contribution is -0.128. The number of nitrogens with one attached hydrogen (secondary N) is 2. The Morgan fingerprint density at radius 1 is 1.00 bits per heavy atom. The molecule has 0 saturated heterocycles. The fourth-order valence-corrected chi connectivity index (χ4v) is 6.16. The summed E-state index contributed by atoms with van der Waals surface area (Å²) in [5, 5.41) is 6.29. The first-order chi connectivity index (χ1) is 14.0. The van der Waals surface area contributed by atoms with E-state index in [-0.39, 0.29) is 30.4 Å². The maximum atomic E-state index is 12.8. The number of carbonyl (C=O) groups is 2. The van der Waals surface area contributed by atoms with E-state index in [9.17, 15) is 9.59 Å². The molecule has 0 radical (unpaired) electrons. The van der Waals surface area contributed by atoms with Gasteiger partial charge in [0.2, 0.25) is 11.8 Å². The van der Waals surface area contributed by atoms with Crippen molar-refractivity contribution >= 4 is 17.5 Å². The zero-order valence-electron chi connectivity index (χ0n) is 17.6. The van der Waals surface area contributed by atoms with E-state index in [1.807, 2.05) is 36.1 Å². The molecule has 5 rings (SSSR count). The molecule has 158 valence electrons. The molecule has 2 amide bonds. The van der Waals surface area contributed by atoms with E-state index in [1.54, 1.807) is 7.11 Å². The van der Waals surface area contributed by atoms with Crippen LogP contribution in [-0.4, -0.2) is 49.0 Å². The summed E-state index contributed by atoms with van der Waals surface area (Å²) < 4.78 is 5.13. The normalized spacial score (nSPS) is 29.7. The van der Waals surface area contributed by atoms with Gasteiger partial charge in [0.05, 0.1) is 20.2 Å². The van der Waals surface area contributed by atoms with Gasteiger partial charge in [0.15, 0.2) is 0 Å². The number of methoxy groups -OCH3 is 1. The Hall–Kier alpha value is -2.08. The summed E-state index contributed by atoms with van der Waals surface area (Å²) in [6, 6.07) is 7.25. The van der Waals surface area contributed by atoms with Gasteiger partial charge >= 0.3 is 0 Å². The molecule has 0 atom stereocenters. The van der Waals surface area contributed by atoms with Crippen LogP contribution in [0, 0.1) is 17.8 Å². The van der Waals surface area contributed by atoms with E-state index >= 15 is 0 Å². The van der Waals surface area contributed by atoms with Crippen molar-refractivity contribution in [1.29, 1.82) is 0 Å².